The number of carbonyl (C=O) groups excluding carboxylic acids is 1. The standard InChI is InChI=1S/CH2ClN3O3/c2-3-1(6)4-5(7)8/h(H2,3,4,6). The molecule has 0 aliphatic carbocycles. The van der Waals surface area contributed by atoms with Crippen LogP contribution in [-0.2, 0) is 0 Å². The fourth-order valence-electron chi connectivity index (χ4n) is 0.104. The molecule has 0 aromatic heterocycles. The van der Waals surface area contributed by atoms with Gasteiger partial charge in [-0.05, 0) is 5.43 Å². The van der Waals surface area contributed by atoms with Gasteiger partial charge in [0, 0.05) is 11.8 Å². The van der Waals surface area contributed by atoms with Crippen LogP contribution < -0.4 is 10.3 Å². The van der Waals surface area contributed by atoms with Gasteiger partial charge in [0.05, 0.1) is 0 Å². The van der Waals surface area contributed by atoms with Crippen LogP contribution in [0.2, 0.25) is 0 Å². The number of carbonyl (C=O) groups is 1. The molecule has 0 aliphatic heterocycles. The van der Waals surface area contributed by atoms with E-state index in [0.717, 1.165) is 0 Å². The van der Waals surface area contributed by atoms with Crippen LogP contribution in [0.1, 0.15) is 0 Å². The summed E-state index contributed by atoms with van der Waals surface area (Å²) in [6.45, 7) is 0. The molecule has 0 aromatic rings. The Balaban J connectivity index is 3.40. The Hall–Kier alpha value is -1.04. The van der Waals surface area contributed by atoms with Crippen molar-refractivity contribution in [3.05, 3.63) is 10.1 Å². The molecule has 6 nitrogen and oxygen atoms in total. The van der Waals surface area contributed by atoms with Crippen molar-refractivity contribution in [2.45, 2.75) is 0 Å². The van der Waals surface area contributed by atoms with E-state index >= 15 is 0 Å². The van der Waals surface area contributed by atoms with Gasteiger partial charge in [-0.1, -0.05) is 0 Å². The van der Waals surface area contributed by atoms with Crippen molar-refractivity contribution in [1.29, 1.82) is 0 Å². The van der Waals surface area contributed by atoms with Crippen molar-refractivity contribution in [2.75, 3.05) is 0 Å². The van der Waals surface area contributed by atoms with Crippen molar-refractivity contribution in [1.82, 2.24) is 10.3 Å². The van der Waals surface area contributed by atoms with E-state index in [-0.39, 0.29) is 0 Å². The maximum atomic E-state index is 9.83. The molecule has 0 aliphatic rings. The van der Waals surface area contributed by atoms with E-state index in [1.165, 1.54) is 10.3 Å². The van der Waals surface area contributed by atoms with E-state index in [1.807, 2.05) is 0 Å². The Morgan fingerprint density at radius 2 is 2.25 bits per heavy atom. The second kappa shape index (κ2) is 3.03. The van der Waals surface area contributed by atoms with Crippen LogP contribution in [0.15, 0.2) is 0 Å². The highest BCUT2D eigenvalue weighted by atomic mass is 35.5. The number of nitrogens with one attached hydrogen (secondary N) is 2. The highest BCUT2D eigenvalue weighted by molar-refractivity contribution is 6.20. The number of halogens is 1. The lowest BCUT2D eigenvalue weighted by Crippen LogP contribution is -2.34. The van der Waals surface area contributed by atoms with E-state index in [4.69, 9.17) is 0 Å². The highest BCUT2D eigenvalue weighted by Crippen LogP contribution is 1.64. The third-order valence-corrected chi connectivity index (χ3v) is 0.450. The zero-order valence-corrected chi connectivity index (χ0v) is 4.31. The lowest BCUT2D eigenvalue weighted by molar-refractivity contribution is -0.527. The fraction of sp³-hybridized carbons (Fsp3) is 0. The summed E-state index contributed by atoms with van der Waals surface area (Å²) in [7, 11) is 0. The average molecular weight is 139 g/mol. The third kappa shape index (κ3) is 3.16. The minimum absolute atomic E-state index is 1.02. The summed E-state index contributed by atoms with van der Waals surface area (Å²) in [5.74, 6) is 0. The first kappa shape index (κ1) is 6.96. The summed E-state index contributed by atoms with van der Waals surface area (Å²) in [4.78, 5) is 20.6. The van der Waals surface area contributed by atoms with Crippen molar-refractivity contribution in [3.63, 3.8) is 0 Å². The summed E-state index contributed by atoms with van der Waals surface area (Å²) >= 11 is 4.63. The third-order valence-electron chi connectivity index (χ3n) is 0.279. The van der Waals surface area contributed by atoms with Crippen LogP contribution in [-0.4, -0.2) is 11.1 Å². The zero-order valence-electron chi connectivity index (χ0n) is 3.55. The van der Waals surface area contributed by atoms with Gasteiger partial charge in [-0.3, -0.25) is 0 Å². The molecule has 0 saturated heterocycles. The van der Waals surface area contributed by atoms with E-state index in [0.29, 0.717) is 0 Å². The van der Waals surface area contributed by atoms with Crippen LogP contribution >= 0.6 is 11.8 Å². The molecule has 8 heavy (non-hydrogen) atoms. The number of hydrazine groups is 1. The molecule has 0 fully saturated rings. The molecule has 2 amide bonds. The normalized spacial score (nSPS) is 7.62. The van der Waals surface area contributed by atoms with Gasteiger partial charge < -0.3 is 0 Å². The predicted octanol–water partition coefficient (Wildman–Crippen LogP) is -0.369. The summed E-state index contributed by atoms with van der Waals surface area (Å²) < 4.78 is 0. The van der Waals surface area contributed by atoms with Gasteiger partial charge in [0.15, 0.2) is 5.03 Å². The van der Waals surface area contributed by atoms with Gasteiger partial charge in [-0.25, -0.2) is 19.7 Å². The smallest absolute Gasteiger partial charge is 0.246 e. The van der Waals surface area contributed by atoms with Gasteiger partial charge in [0.1, 0.15) is 0 Å². The lowest BCUT2D eigenvalue weighted by atomic mass is 11.1. The molecule has 0 aromatic carbocycles. The second-order valence-corrected chi connectivity index (χ2v) is 0.982. The van der Waals surface area contributed by atoms with Crippen LogP contribution in [0.3, 0.4) is 0 Å². The molecule has 0 unspecified atom stereocenters. The molecule has 0 heterocycles. The number of nitro groups is 1. The molecular formula is CH2ClN3O3. The number of amides is 2. The van der Waals surface area contributed by atoms with Crippen molar-refractivity contribution in [2.24, 2.45) is 0 Å². The SMILES string of the molecule is O=C(NCl)N[N+](=O)[O-]. The lowest BCUT2D eigenvalue weighted by Gasteiger charge is -1.88. The van der Waals surface area contributed by atoms with Gasteiger partial charge in [-0.15, -0.1) is 0 Å². The van der Waals surface area contributed by atoms with E-state index in [1.54, 1.807) is 0 Å². The topological polar surface area (TPSA) is 84.3 Å². The fourth-order valence-corrected chi connectivity index (χ4v) is 0.146. The molecule has 0 rings (SSSR count). The average Bonchev–Trinajstić information content (AvgIpc) is 1.65. The van der Waals surface area contributed by atoms with Gasteiger partial charge >= 0.3 is 6.03 Å². The Morgan fingerprint density at radius 3 is 2.38 bits per heavy atom. The Morgan fingerprint density at radius 1 is 1.75 bits per heavy atom. The molecule has 0 atom stereocenters. The summed E-state index contributed by atoms with van der Waals surface area (Å²) in [5.41, 5.74) is 1.23. The first-order valence-corrected chi connectivity index (χ1v) is 1.86. The Labute approximate surface area is 49.0 Å². The first-order valence-electron chi connectivity index (χ1n) is 1.48. The summed E-state index contributed by atoms with van der Waals surface area (Å²) in [6, 6.07) is -1.06. The van der Waals surface area contributed by atoms with Gasteiger partial charge in [0.25, 0.3) is 0 Å². The maximum absolute atomic E-state index is 9.83. The van der Waals surface area contributed by atoms with Gasteiger partial charge in [-0.2, -0.15) is 0 Å². The zero-order chi connectivity index (χ0) is 6.57. The molecule has 0 bridgehead atoms. The molecular weight excluding hydrogens is 137 g/mol. The molecule has 0 radical (unpaired) electrons. The van der Waals surface area contributed by atoms with E-state index in [9.17, 15) is 14.9 Å². The quantitative estimate of drug-likeness (QED) is 0.295. The van der Waals surface area contributed by atoms with Crippen molar-refractivity contribution < 1.29 is 9.83 Å². The summed E-state index contributed by atoms with van der Waals surface area (Å²) in [5, 5.41) is 8.33. The second-order valence-electron chi connectivity index (χ2n) is 0.793. The molecule has 7 heteroatoms. The predicted molar refractivity (Wildman–Crippen MR) is 24.5 cm³/mol. The number of rotatable bonds is 1. The summed E-state index contributed by atoms with van der Waals surface area (Å²) in [6.07, 6.45) is 0. The number of hydrogen-bond donors (Lipinski definition) is 2. The Kier molecular flexibility index (Phi) is 2.63. The number of nitrogens with zero attached hydrogens (tertiary/aromatic N) is 1. The molecule has 0 spiro atoms. The van der Waals surface area contributed by atoms with Crippen molar-refractivity contribution in [3.8, 4) is 0 Å². The minimum Gasteiger partial charge on any atom is -0.246 e. The molecule has 2 N–H and O–H groups in total. The first-order chi connectivity index (χ1) is 3.66. The monoisotopic (exact) mass is 139 g/mol. The van der Waals surface area contributed by atoms with Crippen LogP contribution in [0.5, 0.6) is 0 Å². The van der Waals surface area contributed by atoms with Crippen LogP contribution in [0, 0.1) is 10.1 Å². The maximum Gasteiger partial charge on any atom is 0.387 e. The van der Waals surface area contributed by atoms with Crippen molar-refractivity contribution >= 4 is 17.8 Å². The number of urea groups is 1. The van der Waals surface area contributed by atoms with E-state index < -0.39 is 11.1 Å². The number of hydrogen-bond acceptors (Lipinski definition) is 3. The highest BCUT2D eigenvalue weighted by Gasteiger charge is 2.01. The van der Waals surface area contributed by atoms with Crippen LogP contribution in [0.4, 0.5) is 4.79 Å². The largest absolute Gasteiger partial charge is 0.387 e. The van der Waals surface area contributed by atoms with E-state index in [2.05, 4.69) is 11.8 Å². The molecule has 46 valence electrons. The molecule has 0 saturated carbocycles. The Bertz CT molecular complexity index is 113. The van der Waals surface area contributed by atoms with Gasteiger partial charge in [0.2, 0.25) is 0 Å². The van der Waals surface area contributed by atoms with Crippen LogP contribution in [0.25, 0.3) is 0 Å². The minimum atomic E-state index is -1.06.